The van der Waals surface area contributed by atoms with Gasteiger partial charge in [-0.2, -0.15) is 0 Å². The van der Waals surface area contributed by atoms with Gasteiger partial charge in [0.25, 0.3) is 11.4 Å². The number of aliphatic carboxylic acids is 2. The van der Waals surface area contributed by atoms with Crippen molar-refractivity contribution >= 4 is 23.3 Å². The zero-order chi connectivity index (χ0) is 33.7. The summed E-state index contributed by atoms with van der Waals surface area (Å²) in [7, 11) is 0. The summed E-state index contributed by atoms with van der Waals surface area (Å²) in [5.74, 6) is -4.37. The molecule has 12 heteroatoms. The molecule has 0 unspecified atom stereocenters. The Morgan fingerprint density at radius 2 is 0.886 bits per heavy atom. The number of carbonyl (C=O) groups excluding carboxylic acids is 2. The number of carboxylic acids is 2. The van der Waals surface area contributed by atoms with E-state index in [1.807, 2.05) is 26.0 Å². The number of carboxylic acid groups (broad SMARTS) is 2. The maximum atomic E-state index is 10.9. The van der Waals surface area contributed by atoms with Gasteiger partial charge >= 0.3 is 0 Å². The van der Waals surface area contributed by atoms with Crippen LogP contribution in [0.1, 0.15) is 75.6 Å². The average molecular weight is 619 g/mol. The van der Waals surface area contributed by atoms with Crippen molar-refractivity contribution in [3.63, 3.8) is 0 Å². The summed E-state index contributed by atoms with van der Waals surface area (Å²) < 4.78 is 0. The molecule has 0 saturated carbocycles. The third-order valence-electron chi connectivity index (χ3n) is 7.30. The van der Waals surface area contributed by atoms with Gasteiger partial charge in [-0.15, -0.1) is 0 Å². The van der Waals surface area contributed by atoms with E-state index in [2.05, 4.69) is 27.7 Å². The van der Waals surface area contributed by atoms with Crippen LogP contribution in [0.15, 0.2) is 36.4 Å². The normalized spacial score (nSPS) is 10.5. The molecule has 2 aromatic carbocycles. The lowest BCUT2D eigenvalue weighted by Gasteiger charge is -2.18. The smallest absolute Gasteiger partial charge is 0.272 e. The molecule has 2 N–H and O–H groups in total. The van der Waals surface area contributed by atoms with Crippen molar-refractivity contribution in [1.29, 1.82) is 0 Å². The molecule has 0 aliphatic heterocycles. The number of nitrogens with one attached hydrogen (secondary N) is 2. The van der Waals surface area contributed by atoms with Gasteiger partial charge in [-0.25, -0.2) is 0 Å². The summed E-state index contributed by atoms with van der Waals surface area (Å²) in [5.41, 5.74) is 4.34. The van der Waals surface area contributed by atoms with Crippen LogP contribution < -0.4 is 20.0 Å². The van der Waals surface area contributed by atoms with Gasteiger partial charge in [0.1, 0.15) is 0 Å². The van der Waals surface area contributed by atoms with Crippen LogP contribution in [0.2, 0.25) is 0 Å². The molecule has 12 nitrogen and oxygen atoms in total. The SMILES string of the molecule is CCC[NH+](CCC)CCc1cccc([N+](=O)[O-])c1C.CCC[NH+](CCC)CCc1cccc([N+](=O)[O-])c1C.O=C([O-])C(=O)[O-]. The van der Waals surface area contributed by atoms with Crippen LogP contribution in [0, 0.1) is 34.1 Å². The molecule has 0 bridgehead atoms. The van der Waals surface area contributed by atoms with Crippen molar-refractivity contribution in [2.45, 2.75) is 80.1 Å². The van der Waals surface area contributed by atoms with Gasteiger partial charge in [0, 0.05) is 36.1 Å². The number of nitro benzene ring substituents is 2. The van der Waals surface area contributed by atoms with Gasteiger partial charge in [-0.1, -0.05) is 52.0 Å². The second-order valence-electron chi connectivity index (χ2n) is 10.7. The standard InChI is InChI=1S/2C15H24N2O2.C2H2O4/c2*1-4-10-16(11-5-2)12-9-14-7-6-8-15(13(14)3)17(18)19;3-1(4)2(5)6/h2*6-8H,4-5,9-12H2,1-3H3;(H,3,4)(H,5,6). The topological polar surface area (TPSA) is 175 Å². The highest BCUT2D eigenvalue weighted by Crippen LogP contribution is 2.22. The molecular formula is C32H50N4O8. The van der Waals surface area contributed by atoms with Gasteiger partial charge in [0.2, 0.25) is 0 Å². The molecule has 0 spiro atoms. The maximum absolute atomic E-state index is 10.9. The quantitative estimate of drug-likeness (QED) is 0.158. The number of hydrogen-bond donors (Lipinski definition) is 2. The molecule has 0 aromatic heterocycles. The fraction of sp³-hybridized carbons (Fsp3) is 0.562. The minimum absolute atomic E-state index is 0.241. The first-order chi connectivity index (χ1) is 20.8. The molecule has 2 aromatic rings. The summed E-state index contributed by atoms with van der Waals surface area (Å²) in [4.78, 5) is 42.3. The fourth-order valence-corrected chi connectivity index (χ4v) is 5.06. The van der Waals surface area contributed by atoms with Crippen molar-refractivity contribution in [2.24, 2.45) is 0 Å². The van der Waals surface area contributed by atoms with Gasteiger partial charge in [-0.3, -0.25) is 20.2 Å². The molecule has 0 atom stereocenters. The molecule has 246 valence electrons. The van der Waals surface area contributed by atoms with Crippen molar-refractivity contribution < 1.29 is 39.4 Å². The Balaban J connectivity index is 0.000000710. The molecule has 0 aliphatic rings. The number of quaternary nitrogens is 2. The monoisotopic (exact) mass is 618 g/mol. The lowest BCUT2D eigenvalue weighted by molar-refractivity contribution is -0.900. The van der Waals surface area contributed by atoms with Gasteiger partial charge in [0.05, 0.1) is 61.1 Å². The van der Waals surface area contributed by atoms with E-state index in [4.69, 9.17) is 19.8 Å². The molecule has 2 rings (SSSR count). The largest absolute Gasteiger partial charge is 0.543 e. The van der Waals surface area contributed by atoms with Crippen LogP contribution in [0.3, 0.4) is 0 Å². The number of nitro groups is 2. The third kappa shape index (κ3) is 15.5. The molecule has 0 radical (unpaired) electrons. The predicted molar refractivity (Wildman–Crippen MR) is 165 cm³/mol. The van der Waals surface area contributed by atoms with E-state index in [1.165, 1.54) is 51.9 Å². The molecule has 0 heterocycles. The summed E-state index contributed by atoms with van der Waals surface area (Å²) >= 11 is 0. The van der Waals surface area contributed by atoms with E-state index in [1.54, 1.807) is 34.1 Å². The first-order valence-electron chi connectivity index (χ1n) is 15.4. The van der Waals surface area contributed by atoms with E-state index in [0.717, 1.165) is 48.2 Å². The Hall–Kier alpha value is -3.90. The minimum atomic E-state index is -2.19. The van der Waals surface area contributed by atoms with Crippen LogP contribution >= 0.6 is 0 Å². The van der Waals surface area contributed by atoms with E-state index < -0.39 is 11.9 Å². The van der Waals surface area contributed by atoms with Crippen LogP contribution in [0.4, 0.5) is 11.4 Å². The summed E-state index contributed by atoms with van der Waals surface area (Å²) in [6.07, 6.45) is 6.57. The van der Waals surface area contributed by atoms with Crippen LogP contribution in [0.25, 0.3) is 0 Å². The zero-order valence-corrected chi connectivity index (χ0v) is 27.1. The highest BCUT2D eigenvalue weighted by atomic mass is 16.6. The first kappa shape index (κ1) is 40.1. The number of nitrogens with zero attached hydrogens (tertiary/aromatic N) is 2. The van der Waals surface area contributed by atoms with Crippen molar-refractivity contribution in [2.75, 3.05) is 39.3 Å². The van der Waals surface area contributed by atoms with E-state index in [-0.39, 0.29) is 21.2 Å². The van der Waals surface area contributed by atoms with Crippen LogP contribution in [0.5, 0.6) is 0 Å². The molecule has 0 fully saturated rings. The number of hydrogen-bond acceptors (Lipinski definition) is 8. The van der Waals surface area contributed by atoms with Crippen LogP contribution in [-0.2, 0) is 22.4 Å². The summed E-state index contributed by atoms with van der Waals surface area (Å²) in [5, 5.41) is 39.7. The van der Waals surface area contributed by atoms with Crippen LogP contribution in [-0.4, -0.2) is 61.1 Å². The maximum Gasteiger partial charge on any atom is 0.272 e. The number of rotatable bonds is 16. The van der Waals surface area contributed by atoms with E-state index in [0.29, 0.717) is 0 Å². The molecular weight excluding hydrogens is 568 g/mol. The lowest BCUT2D eigenvalue weighted by atomic mass is 10.0. The predicted octanol–water partition coefficient (Wildman–Crippen LogP) is 0.787. The highest BCUT2D eigenvalue weighted by molar-refractivity contribution is 6.25. The molecule has 0 saturated heterocycles. The Morgan fingerprint density at radius 3 is 1.11 bits per heavy atom. The highest BCUT2D eigenvalue weighted by Gasteiger charge is 2.16. The number of carbonyl (C=O) groups is 2. The lowest BCUT2D eigenvalue weighted by Crippen LogP contribution is -3.12. The van der Waals surface area contributed by atoms with Crippen molar-refractivity contribution in [3.05, 3.63) is 78.9 Å². The zero-order valence-electron chi connectivity index (χ0n) is 27.1. The Kier molecular flexibility index (Phi) is 20.6. The second kappa shape index (κ2) is 22.6. The van der Waals surface area contributed by atoms with E-state index in [9.17, 15) is 20.2 Å². The van der Waals surface area contributed by atoms with E-state index >= 15 is 0 Å². The Morgan fingerprint density at radius 1 is 0.591 bits per heavy atom. The van der Waals surface area contributed by atoms with Gasteiger partial charge < -0.3 is 29.6 Å². The first-order valence-corrected chi connectivity index (χ1v) is 15.4. The number of benzene rings is 2. The second-order valence-corrected chi connectivity index (χ2v) is 10.7. The van der Waals surface area contributed by atoms with Crippen molar-refractivity contribution in [3.8, 4) is 0 Å². The average Bonchev–Trinajstić information content (AvgIpc) is 2.96. The summed E-state index contributed by atoms with van der Waals surface area (Å²) in [6, 6.07) is 10.8. The molecule has 0 amide bonds. The molecule has 0 aliphatic carbocycles. The van der Waals surface area contributed by atoms with Crippen molar-refractivity contribution in [1.82, 2.24) is 0 Å². The van der Waals surface area contributed by atoms with Gasteiger partial charge in [-0.05, 0) is 50.7 Å². The van der Waals surface area contributed by atoms with Gasteiger partial charge in [0.15, 0.2) is 0 Å². The molecule has 44 heavy (non-hydrogen) atoms. The third-order valence-corrected chi connectivity index (χ3v) is 7.30. The fourth-order valence-electron chi connectivity index (χ4n) is 5.06. The minimum Gasteiger partial charge on any atom is -0.543 e. The Bertz CT molecular complexity index is 1090. The summed E-state index contributed by atoms with van der Waals surface area (Å²) in [6.45, 7) is 19.4. The Labute approximate surface area is 261 Å².